The van der Waals surface area contributed by atoms with Crippen LogP contribution in [0.3, 0.4) is 0 Å². The molecule has 0 saturated carbocycles. The van der Waals surface area contributed by atoms with Gasteiger partial charge in [0.05, 0.1) is 5.41 Å². The van der Waals surface area contributed by atoms with E-state index in [-0.39, 0.29) is 5.41 Å². The highest BCUT2D eigenvalue weighted by molar-refractivity contribution is 9.10. The number of rotatable bonds is 0. The molecule has 0 N–H and O–H groups in total. The second kappa shape index (κ2) is 6.42. The molecular formula is C27H18Br2. The Hall–Kier alpha value is -2.16. The highest BCUT2D eigenvalue weighted by Crippen LogP contribution is 2.59. The Kier molecular flexibility index (Phi) is 3.91. The molecule has 2 aliphatic rings. The van der Waals surface area contributed by atoms with E-state index in [1.807, 2.05) is 0 Å². The average Bonchev–Trinajstić information content (AvgIpc) is 2.92. The van der Waals surface area contributed by atoms with E-state index in [4.69, 9.17) is 0 Å². The Morgan fingerprint density at radius 2 is 0.966 bits per heavy atom. The molecule has 140 valence electrons. The third-order valence-corrected chi connectivity index (χ3v) is 7.55. The number of fused-ring (bicyclic) bond motifs is 9. The molecule has 4 aromatic rings. The Morgan fingerprint density at radius 3 is 1.45 bits per heavy atom. The van der Waals surface area contributed by atoms with E-state index >= 15 is 0 Å². The Balaban J connectivity index is 1.88. The van der Waals surface area contributed by atoms with E-state index in [9.17, 15) is 0 Å². The smallest absolute Gasteiger partial charge is 0.0620 e. The van der Waals surface area contributed by atoms with Crippen molar-refractivity contribution in [2.45, 2.75) is 18.3 Å². The van der Waals surface area contributed by atoms with Crippen molar-refractivity contribution in [1.29, 1.82) is 0 Å². The first kappa shape index (κ1) is 17.7. The summed E-state index contributed by atoms with van der Waals surface area (Å²) in [4.78, 5) is 0. The second-order valence-corrected chi connectivity index (χ2v) is 9.78. The lowest BCUT2D eigenvalue weighted by Crippen LogP contribution is -2.30. The minimum absolute atomic E-state index is 0.290. The van der Waals surface area contributed by atoms with Gasteiger partial charge in [0, 0.05) is 8.95 Å². The fourth-order valence-electron chi connectivity index (χ4n) is 5.47. The summed E-state index contributed by atoms with van der Waals surface area (Å²) < 4.78 is 2.25. The summed E-state index contributed by atoms with van der Waals surface area (Å²) in [5.74, 6) is 0. The van der Waals surface area contributed by atoms with E-state index in [1.165, 1.54) is 44.5 Å². The van der Waals surface area contributed by atoms with E-state index in [1.54, 1.807) is 0 Å². The van der Waals surface area contributed by atoms with Gasteiger partial charge in [0.2, 0.25) is 0 Å². The van der Waals surface area contributed by atoms with Crippen LogP contribution in [-0.4, -0.2) is 0 Å². The molecule has 2 aliphatic carbocycles. The van der Waals surface area contributed by atoms with Gasteiger partial charge in [-0.15, -0.1) is 0 Å². The predicted molar refractivity (Wildman–Crippen MR) is 127 cm³/mol. The molecule has 1 spiro atoms. The van der Waals surface area contributed by atoms with Crippen LogP contribution in [0.4, 0.5) is 0 Å². The molecule has 0 aliphatic heterocycles. The highest BCUT2D eigenvalue weighted by atomic mass is 79.9. The molecule has 0 saturated heterocycles. The van der Waals surface area contributed by atoms with E-state index in [0.717, 1.165) is 21.8 Å². The van der Waals surface area contributed by atoms with Crippen LogP contribution in [0.15, 0.2) is 93.9 Å². The van der Waals surface area contributed by atoms with Crippen molar-refractivity contribution < 1.29 is 0 Å². The lowest BCUT2D eigenvalue weighted by atomic mass is 9.66. The van der Waals surface area contributed by atoms with Crippen molar-refractivity contribution in [1.82, 2.24) is 0 Å². The van der Waals surface area contributed by atoms with Crippen molar-refractivity contribution >= 4 is 31.9 Å². The van der Waals surface area contributed by atoms with Gasteiger partial charge >= 0.3 is 0 Å². The second-order valence-electron chi connectivity index (χ2n) is 7.94. The van der Waals surface area contributed by atoms with Crippen molar-refractivity contribution in [3.05, 3.63) is 127 Å². The Labute approximate surface area is 187 Å². The van der Waals surface area contributed by atoms with Gasteiger partial charge < -0.3 is 0 Å². The largest absolute Gasteiger partial charge is 0.0719 e. The summed E-state index contributed by atoms with van der Waals surface area (Å²) in [6, 6.07) is 31.6. The lowest BCUT2D eigenvalue weighted by Gasteiger charge is -2.35. The molecule has 2 heteroatoms. The number of hydrogen-bond donors (Lipinski definition) is 0. The summed E-state index contributed by atoms with van der Waals surface area (Å²) in [5, 5.41) is 0. The highest BCUT2D eigenvalue weighted by Gasteiger charge is 2.48. The minimum Gasteiger partial charge on any atom is -0.0620 e. The Morgan fingerprint density at radius 1 is 0.517 bits per heavy atom. The standard InChI is InChI=1S/C27H18Br2/c28-19-11-13-21-22-14-12-20(29)16-26(22)27(25(21)15-19)23-7-3-1-5-17(23)9-10-18-6-2-4-8-24(18)27/h1-8,11-16H,9-10H2. The average molecular weight is 502 g/mol. The third-order valence-electron chi connectivity index (χ3n) is 6.57. The monoisotopic (exact) mass is 500 g/mol. The van der Waals surface area contributed by atoms with Gasteiger partial charge in [-0.25, -0.2) is 0 Å². The van der Waals surface area contributed by atoms with Gasteiger partial charge in [-0.2, -0.15) is 0 Å². The minimum atomic E-state index is -0.290. The zero-order chi connectivity index (χ0) is 19.6. The number of hydrogen-bond acceptors (Lipinski definition) is 0. The van der Waals surface area contributed by atoms with E-state index in [0.29, 0.717) is 0 Å². The number of halogens is 2. The molecule has 0 amide bonds. The summed E-state index contributed by atoms with van der Waals surface area (Å²) in [7, 11) is 0. The first-order valence-corrected chi connectivity index (χ1v) is 11.6. The van der Waals surface area contributed by atoms with Gasteiger partial charge in [-0.1, -0.05) is 92.5 Å². The van der Waals surface area contributed by atoms with Crippen LogP contribution in [-0.2, 0) is 18.3 Å². The fourth-order valence-corrected chi connectivity index (χ4v) is 6.19. The molecule has 4 aromatic carbocycles. The molecule has 29 heavy (non-hydrogen) atoms. The molecule has 0 bridgehead atoms. The van der Waals surface area contributed by atoms with Crippen LogP contribution in [0.1, 0.15) is 33.4 Å². The Bertz CT molecular complexity index is 1180. The topological polar surface area (TPSA) is 0 Å². The third kappa shape index (κ3) is 2.36. The van der Waals surface area contributed by atoms with E-state index < -0.39 is 0 Å². The van der Waals surface area contributed by atoms with Gasteiger partial charge in [-0.05, 0) is 81.6 Å². The van der Waals surface area contributed by atoms with E-state index in [2.05, 4.69) is 117 Å². The first-order chi connectivity index (χ1) is 14.2. The SMILES string of the molecule is Brc1ccc2c(c1)C1(c3ccccc3CCc3ccccc31)c1cc(Br)ccc1-2. The number of aryl methyl sites for hydroxylation is 2. The maximum absolute atomic E-state index is 3.76. The molecule has 0 fully saturated rings. The lowest BCUT2D eigenvalue weighted by molar-refractivity contribution is 0.761. The van der Waals surface area contributed by atoms with Gasteiger partial charge in [0.1, 0.15) is 0 Å². The van der Waals surface area contributed by atoms with Crippen molar-refractivity contribution in [3.63, 3.8) is 0 Å². The zero-order valence-electron chi connectivity index (χ0n) is 15.8. The van der Waals surface area contributed by atoms with Crippen LogP contribution in [0.2, 0.25) is 0 Å². The molecule has 0 radical (unpaired) electrons. The molecule has 0 aromatic heterocycles. The first-order valence-electron chi connectivity index (χ1n) is 9.97. The maximum atomic E-state index is 3.76. The molecule has 0 unspecified atom stereocenters. The van der Waals surface area contributed by atoms with Crippen LogP contribution < -0.4 is 0 Å². The quantitative estimate of drug-likeness (QED) is 0.204. The molecule has 0 atom stereocenters. The normalized spacial score (nSPS) is 15.2. The summed E-state index contributed by atoms with van der Waals surface area (Å²) in [6.07, 6.45) is 2.14. The van der Waals surface area contributed by atoms with Crippen LogP contribution in [0.25, 0.3) is 11.1 Å². The number of benzene rings is 4. The molecule has 0 nitrogen and oxygen atoms in total. The summed E-state index contributed by atoms with van der Waals surface area (Å²) in [6.45, 7) is 0. The van der Waals surface area contributed by atoms with Crippen molar-refractivity contribution in [3.8, 4) is 11.1 Å². The summed E-state index contributed by atoms with van der Waals surface area (Å²) >= 11 is 7.53. The van der Waals surface area contributed by atoms with Gasteiger partial charge in [0.15, 0.2) is 0 Å². The predicted octanol–water partition coefficient (Wildman–Crippen LogP) is 7.67. The molecule has 6 rings (SSSR count). The fraction of sp³-hybridized carbons (Fsp3) is 0.111. The maximum Gasteiger partial charge on any atom is 0.0719 e. The van der Waals surface area contributed by atoms with Crippen LogP contribution >= 0.6 is 31.9 Å². The molecule has 0 heterocycles. The van der Waals surface area contributed by atoms with Gasteiger partial charge in [-0.3, -0.25) is 0 Å². The summed E-state index contributed by atoms with van der Waals surface area (Å²) in [5.41, 5.74) is 10.9. The van der Waals surface area contributed by atoms with Gasteiger partial charge in [0.25, 0.3) is 0 Å². The van der Waals surface area contributed by atoms with Crippen LogP contribution in [0.5, 0.6) is 0 Å². The zero-order valence-corrected chi connectivity index (χ0v) is 18.9. The molecular weight excluding hydrogens is 484 g/mol. The van der Waals surface area contributed by atoms with Crippen molar-refractivity contribution in [2.75, 3.05) is 0 Å². The van der Waals surface area contributed by atoms with Crippen molar-refractivity contribution in [2.24, 2.45) is 0 Å². The van der Waals surface area contributed by atoms with Crippen LogP contribution in [0, 0.1) is 0 Å².